The molecule has 3 amide bonds. The van der Waals surface area contributed by atoms with Crippen LogP contribution in [-0.2, 0) is 4.79 Å². The Morgan fingerprint density at radius 1 is 1.25 bits per heavy atom. The van der Waals surface area contributed by atoms with E-state index in [2.05, 4.69) is 0 Å². The molecule has 1 aromatic heterocycles. The zero-order chi connectivity index (χ0) is 13.9. The number of hydrogen-bond acceptors (Lipinski definition) is 3. The van der Waals surface area contributed by atoms with E-state index < -0.39 is 18.2 Å². The third-order valence-electron chi connectivity index (χ3n) is 3.89. The number of amides is 3. The predicted octanol–water partition coefficient (Wildman–Crippen LogP) is 2.31. The van der Waals surface area contributed by atoms with Gasteiger partial charge in [0, 0.05) is 11.8 Å². The van der Waals surface area contributed by atoms with Gasteiger partial charge in [-0.25, -0.2) is 14.1 Å². The molecule has 2 aromatic rings. The van der Waals surface area contributed by atoms with Gasteiger partial charge in [-0.2, -0.15) is 0 Å². The van der Waals surface area contributed by atoms with E-state index in [1.807, 2.05) is 0 Å². The van der Waals surface area contributed by atoms with E-state index in [1.54, 1.807) is 30.5 Å². The van der Waals surface area contributed by atoms with Gasteiger partial charge in [0.25, 0.3) is 5.91 Å². The summed E-state index contributed by atoms with van der Waals surface area (Å²) in [5, 5.41) is 0.818. The summed E-state index contributed by atoms with van der Waals surface area (Å²) in [5.41, 5.74) is 1.19. The highest BCUT2D eigenvalue weighted by Crippen LogP contribution is 2.33. The molecule has 2 saturated heterocycles. The minimum Gasteiger partial charge on any atom is -0.464 e. The van der Waals surface area contributed by atoms with Crippen LogP contribution in [0.5, 0.6) is 0 Å². The predicted molar refractivity (Wildman–Crippen MR) is 69.1 cm³/mol. The fourth-order valence-electron chi connectivity index (χ4n) is 2.93. The van der Waals surface area contributed by atoms with E-state index in [0.29, 0.717) is 11.3 Å². The Morgan fingerprint density at radius 2 is 2.10 bits per heavy atom. The standard InChI is InChI=1S/C14H11FN2O3/c15-9-6-11-13(18)17(14(19)16(11)7-9)10-1-2-12-8(5-10)3-4-20-12/h1-5,9,11H,6-7H2/t9-,11-/m0/s1. The smallest absolute Gasteiger partial charge is 0.332 e. The van der Waals surface area contributed by atoms with Crippen molar-refractivity contribution in [2.45, 2.75) is 18.6 Å². The van der Waals surface area contributed by atoms with Crippen molar-refractivity contribution in [3.63, 3.8) is 0 Å². The number of alkyl halides is 1. The van der Waals surface area contributed by atoms with E-state index in [4.69, 9.17) is 4.42 Å². The van der Waals surface area contributed by atoms with Crippen molar-refractivity contribution in [1.29, 1.82) is 0 Å². The highest BCUT2D eigenvalue weighted by Gasteiger charge is 2.51. The van der Waals surface area contributed by atoms with Crippen LogP contribution in [0.2, 0.25) is 0 Å². The molecule has 0 N–H and O–H groups in total. The summed E-state index contributed by atoms with van der Waals surface area (Å²) in [5.74, 6) is -0.349. The Labute approximate surface area is 113 Å². The van der Waals surface area contributed by atoms with Crippen molar-refractivity contribution >= 4 is 28.6 Å². The number of imide groups is 1. The highest BCUT2D eigenvalue weighted by molar-refractivity contribution is 6.22. The number of fused-ring (bicyclic) bond motifs is 2. The van der Waals surface area contributed by atoms with Gasteiger partial charge < -0.3 is 9.32 Å². The number of hydrogen-bond donors (Lipinski definition) is 0. The normalized spacial score (nSPS) is 25.9. The average molecular weight is 274 g/mol. The number of nitrogens with zero attached hydrogens (tertiary/aromatic N) is 2. The Balaban J connectivity index is 1.75. The van der Waals surface area contributed by atoms with E-state index in [0.717, 1.165) is 10.3 Å². The van der Waals surface area contributed by atoms with Crippen LogP contribution < -0.4 is 4.90 Å². The van der Waals surface area contributed by atoms with Crippen molar-refractivity contribution in [2.24, 2.45) is 0 Å². The number of carbonyl (C=O) groups excluding carboxylic acids is 2. The van der Waals surface area contributed by atoms with Gasteiger partial charge in [0.05, 0.1) is 18.5 Å². The molecule has 2 aliphatic rings. The fraction of sp³-hybridized carbons (Fsp3) is 0.286. The van der Waals surface area contributed by atoms with Crippen molar-refractivity contribution < 1.29 is 18.4 Å². The molecule has 2 fully saturated rings. The van der Waals surface area contributed by atoms with Gasteiger partial charge >= 0.3 is 6.03 Å². The van der Waals surface area contributed by atoms with E-state index in [-0.39, 0.29) is 18.9 Å². The number of rotatable bonds is 1. The molecule has 0 aliphatic carbocycles. The van der Waals surface area contributed by atoms with Gasteiger partial charge in [0.2, 0.25) is 0 Å². The van der Waals surface area contributed by atoms with Crippen LogP contribution in [0.4, 0.5) is 14.9 Å². The largest absolute Gasteiger partial charge is 0.464 e. The zero-order valence-electron chi connectivity index (χ0n) is 10.5. The molecule has 2 atom stereocenters. The molecule has 6 heteroatoms. The summed E-state index contributed by atoms with van der Waals surface area (Å²) in [6.45, 7) is -0.000303. The zero-order valence-corrected chi connectivity index (χ0v) is 10.5. The molecule has 0 unspecified atom stereocenters. The number of urea groups is 1. The van der Waals surface area contributed by atoms with Crippen LogP contribution >= 0.6 is 0 Å². The second-order valence-corrected chi connectivity index (χ2v) is 5.10. The molecular formula is C14H11FN2O3. The number of benzene rings is 1. The van der Waals surface area contributed by atoms with Crippen LogP contribution in [0.3, 0.4) is 0 Å². The minimum absolute atomic E-state index is 0.000303. The van der Waals surface area contributed by atoms with Gasteiger partial charge in [0.15, 0.2) is 0 Å². The quantitative estimate of drug-likeness (QED) is 0.750. The molecule has 4 rings (SSSR count). The molecule has 0 spiro atoms. The van der Waals surface area contributed by atoms with E-state index >= 15 is 0 Å². The lowest BCUT2D eigenvalue weighted by Crippen LogP contribution is -2.34. The average Bonchev–Trinajstić information content (AvgIpc) is 3.08. The number of halogens is 1. The first-order valence-corrected chi connectivity index (χ1v) is 6.41. The summed E-state index contributed by atoms with van der Waals surface area (Å²) in [7, 11) is 0. The second kappa shape index (κ2) is 3.82. The summed E-state index contributed by atoms with van der Waals surface area (Å²) < 4.78 is 18.5. The summed E-state index contributed by atoms with van der Waals surface area (Å²) in [6.07, 6.45) is 0.537. The molecule has 20 heavy (non-hydrogen) atoms. The summed E-state index contributed by atoms with van der Waals surface area (Å²) >= 11 is 0. The van der Waals surface area contributed by atoms with Gasteiger partial charge in [-0.1, -0.05) is 0 Å². The minimum atomic E-state index is -1.11. The molecule has 2 aliphatic heterocycles. The summed E-state index contributed by atoms with van der Waals surface area (Å²) in [4.78, 5) is 27.0. The maximum Gasteiger partial charge on any atom is 0.332 e. The van der Waals surface area contributed by atoms with Crippen LogP contribution in [0.25, 0.3) is 11.0 Å². The first-order chi connectivity index (χ1) is 9.65. The van der Waals surface area contributed by atoms with Crippen molar-refractivity contribution in [1.82, 2.24) is 4.90 Å². The number of carbonyl (C=O) groups is 2. The van der Waals surface area contributed by atoms with Crippen LogP contribution in [0.15, 0.2) is 34.9 Å². The molecule has 5 nitrogen and oxygen atoms in total. The van der Waals surface area contributed by atoms with Crippen molar-refractivity contribution in [3.8, 4) is 0 Å². The van der Waals surface area contributed by atoms with Crippen LogP contribution in [-0.4, -0.2) is 35.6 Å². The summed E-state index contributed by atoms with van der Waals surface area (Å²) in [6, 6.07) is 5.77. The van der Waals surface area contributed by atoms with Crippen molar-refractivity contribution in [3.05, 3.63) is 30.5 Å². The van der Waals surface area contributed by atoms with Crippen molar-refractivity contribution in [2.75, 3.05) is 11.4 Å². The van der Waals surface area contributed by atoms with Crippen LogP contribution in [0.1, 0.15) is 6.42 Å². The number of anilines is 1. The molecular weight excluding hydrogens is 263 g/mol. The van der Waals surface area contributed by atoms with E-state index in [9.17, 15) is 14.0 Å². The van der Waals surface area contributed by atoms with Gasteiger partial charge in [-0.15, -0.1) is 0 Å². The highest BCUT2D eigenvalue weighted by atomic mass is 19.1. The molecule has 0 bridgehead atoms. The third-order valence-corrected chi connectivity index (χ3v) is 3.89. The fourth-order valence-corrected chi connectivity index (χ4v) is 2.93. The molecule has 0 radical (unpaired) electrons. The second-order valence-electron chi connectivity index (χ2n) is 5.10. The maximum absolute atomic E-state index is 13.3. The number of furan rings is 1. The van der Waals surface area contributed by atoms with Crippen LogP contribution in [0, 0.1) is 0 Å². The third kappa shape index (κ3) is 1.41. The Hall–Kier alpha value is -2.37. The Morgan fingerprint density at radius 3 is 2.90 bits per heavy atom. The van der Waals surface area contributed by atoms with Gasteiger partial charge in [-0.05, 0) is 24.3 Å². The van der Waals surface area contributed by atoms with E-state index in [1.165, 1.54) is 4.90 Å². The maximum atomic E-state index is 13.3. The molecule has 0 saturated carbocycles. The molecule has 3 heterocycles. The lowest BCUT2D eigenvalue weighted by molar-refractivity contribution is -0.119. The first kappa shape index (κ1) is 11.5. The lowest BCUT2D eigenvalue weighted by atomic mass is 10.2. The lowest BCUT2D eigenvalue weighted by Gasteiger charge is -2.16. The Kier molecular flexibility index (Phi) is 2.19. The SMILES string of the molecule is O=C1[C@@H]2C[C@H](F)CN2C(=O)N1c1ccc2occc2c1. The first-order valence-electron chi connectivity index (χ1n) is 6.41. The Bertz CT molecular complexity index is 702. The molecule has 102 valence electrons. The monoisotopic (exact) mass is 274 g/mol. The topological polar surface area (TPSA) is 53.8 Å². The van der Waals surface area contributed by atoms with Gasteiger partial charge in [-0.3, -0.25) is 4.79 Å². The van der Waals surface area contributed by atoms with Gasteiger partial charge in [0.1, 0.15) is 17.8 Å². The molecule has 1 aromatic carbocycles.